The standard InChI is InChI=1S/C17H23ClO/c1-17(2,3)15(11-16(18)19)14-9-8-12-6-4-5-7-13(12)10-14/h8-10,15H,4-7,11H2,1-3H3. The molecule has 2 heteroatoms. The van der Waals surface area contributed by atoms with Crippen molar-refractivity contribution in [2.75, 3.05) is 0 Å². The maximum Gasteiger partial charge on any atom is 0.222 e. The lowest BCUT2D eigenvalue weighted by Crippen LogP contribution is -2.21. The average Bonchev–Trinajstić information content (AvgIpc) is 2.34. The maximum atomic E-state index is 11.3. The molecule has 1 aromatic rings. The largest absolute Gasteiger partial charge is 0.281 e. The van der Waals surface area contributed by atoms with Crippen LogP contribution < -0.4 is 0 Å². The molecule has 1 aromatic carbocycles. The van der Waals surface area contributed by atoms with Gasteiger partial charge in [0.25, 0.3) is 0 Å². The molecule has 19 heavy (non-hydrogen) atoms. The highest BCUT2D eigenvalue weighted by atomic mass is 35.5. The van der Waals surface area contributed by atoms with E-state index < -0.39 is 0 Å². The molecule has 0 fully saturated rings. The van der Waals surface area contributed by atoms with Crippen molar-refractivity contribution < 1.29 is 4.79 Å². The molecule has 0 radical (unpaired) electrons. The fourth-order valence-corrected chi connectivity index (χ4v) is 3.21. The van der Waals surface area contributed by atoms with E-state index in [1.54, 1.807) is 0 Å². The highest BCUT2D eigenvalue weighted by molar-refractivity contribution is 6.63. The molecule has 0 spiro atoms. The summed E-state index contributed by atoms with van der Waals surface area (Å²) in [5.41, 5.74) is 4.27. The van der Waals surface area contributed by atoms with Crippen LogP contribution in [0.2, 0.25) is 0 Å². The Morgan fingerprint density at radius 2 is 1.84 bits per heavy atom. The summed E-state index contributed by atoms with van der Waals surface area (Å²) >= 11 is 5.63. The first kappa shape index (κ1) is 14.6. The molecular formula is C17H23ClO. The first-order valence-corrected chi connectivity index (χ1v) is 7.56. The normalized spacial score (nSPS) is 16.8. The molecule has 1 nitrogen and oxygen atoms in total. The zero-order valence-corrected chi connectivity index (χ0v) is 12.9. The first-order valence-electron chi connectivity index (χ1n) is 7.18. The van der Waals surface area contributed by atoms with E-state index in [9.17, 15) is 4.79 Å². The number of hydrogen-bond donors (Lipinski definition) is 0. The number of rotatable bonds is 3. The van der Waals surface area contributed by atoms with E-state index in [2.05, 4.69) is 39.0 Å². The molecule has 0 heterocycles. The maximum absolute atomic E-state index is 11.3. The van der Waals surface area contributed by atoms with Gasteiger partial charge in [0.1, 0.15) is 0 Å². The highest BCUT2D eigenvalue weighted by Gasteiger charge is 2.28. The zero-order chi connectivity index (χ0) is 14.0. The number of hydrogen-bond acceptors (Lipinski definition) is 1. The molecule has 0 aromatic heterocycles. The number of carbonyl (C=O) groups excluding carboxylic acids is 1. The molecule has 0 saturated carbocycles. The molecule has 0 aliphatic heterocycles. The minimum absolute atomic E-state index is 0.0491. The predicted molar refractivity (Wildman–Crippen MR) is 80.8 cm³/mol. The van der Waals surface area contributed by atoms with Crippen LogP contribution in [0.1, 0.15) is 62.6 Å². The molecule has 1 aliphatic carbocycles. The van der Waals surface area contributed by atoms with Gasteiger partial charge in [-0.25, -0.2) is 0 Å². The van der Waals surface area contributed by atoms with E-state index in [-0.39, 0.29) is 16.6 Å². The van der Waals surface area contributed by atoms with Crippen LogP contribution in [0.25, 0.3) is 0 Å². The van der Waals surface area contributed by atoms with Crippen molar-refractivity contribution in [1.29, 1.82) is 0 Å². The summed E-state index contributed by atoms with van der Waals surface area (Å²) in [5, 5.41) is -0.238. The van der Waals surface area contributed by atoms with E-state index in [0.29, 0.717) is 6.42 Å². The molecule has 2 rings (SSSR count). The molecule has 0 amide bonds. The van der Waals surface area contributed by atoms with Gasteiger partial charge in [-0.1, -0.05) is 39.0 Å². The number of benzene rings is 1. The van der Waals surface area contributed by atoms with Gasteiger partial charge >= 0.3 is 0 Å². The molecule has 104 valence electrons. The Hall–Kier alpha value is -0.820. The summed E-state index contributed by atoms with van der Waals surface area (Å²) in [6.07, 6.45) is 5.38. The van der Waals surface area contributed by atoms with Crippen molar-refractivity contribution in [3.05, 3.63) is 34.9 Å². The van der Waals surface area contributed by atoms with Gasteiger partial charge in [0.2, 0.25) is 5.24 Å². The summed E-state index contributed by atoms with van der Waals surface area (Å²) in [6, 6.07) is 6.76. The molecular weight excluding hydrogens is 256 g/mol. The van der Waals surface area contributed by atoms with Crippen molar-refractivity contribution in [2.45, 2.75) is 58.8 Å². The van der Waals surface area contributed by atoms with Crippen LogP contribution in [-0.4, -0.2) is 5.24 Å². The lowest BCUT2D eigenvalue weighted by Gasteiger charge is -2.31. The number of halogens is 1. The van der Waals surface area contributed by atoms with Crippen LogP contribution in [-0.2, 0) is 17.6 Å². The molecule has 0 bridgehead atoms. The summed E-state index contributed by atoms with van der Waals surface area (Å²) in [4.78, 5) is 11.3. The quantitative estimate of drug-likeness (QED) is 0.722. The fourth-order valence-electron chi connectivity index (χ4n) is 3.05. The third-order valence-corrected chi connectivity index (χ3v) is 4.34. The lowest BCUT2D eigenvalue weighted by atomic mass is 9.74. The van der Waals surface area contributed by atoms with Crippen molar-refractivity contribution in [2.24, 2.45) is 5.41 Å². The predicted octanol–water partition coefficient (Wildman–Crippen LogP) is 4.85. The Bertz CT molecular complexity index is 471. The number of fused-ring (bicyclic) bond motifs is 1. The summed E-state index contributed by atoms with van der Waals surface area (Å²) < 4.78 is 0. The molecule has 1 atom stereocenters. The second-order valence-corrected chi connectivity index (χ2v) is 7.13. The van der Waals surface area contributed by atoms with Crippen molar-refractivity contribution >= 4 is 16.8 Å². The van der Waals surface area contributed by atoms with Crippen LogP contribution in [0.5, 0.6) is 0 Å². The fraction of sp³-hybridized carbons (Fsp3) is 0.588. The minimum atomic E-state index is -0.238. The van der Waals surface area contributed by atoms with Crippen LogP contribution in [0.15, 0.2) is 18.2 Å². The first-order chi connectivity index (χ1) is 8.88. The Kier molecular flexibility index (Phi) is 4.35. The zero-order valence-electron chi connectivity index (χ0n) is 12.1. The third-order valence-electron chi connectivity index (χ3n) is 4.18. The van der Waals surface area contributed by atoms with Gasteiger partial charge in [-0.3, -0.25) is 4.79 Å². The van der Waals surface area contributed by atoms with Crippen molar-refractivity contribution in [3.8, 4) is 0 Å². The van der Waals surface area contributed by atoms with Crippen molar-refractivity contribution in [3.63, 3.8) is 0 Å². The van der Waals surface area contributed by atoms with E-state index in [1.807, 2.05) is 0 Å². The Morgan fingerprint density at radius 1 is 1.21 bits per heavy atom. The van der Waals surface area contributed by atoms with Crippen LogP contribution in [0.3, 0.4) is 0 Å². The van der Waals surface area contributed by atoms with E-state index >= 15 is 0 Å². The van der Waals surface area contributed by atoms with Gasteiger partial charge in [-0.05, 0) is 65.3 Å². The van der Waals surface area contributed by atoms with Crippen molar-refractivity contribution in [1.82, 2.24) is 0 Å². The SMILES string of the molecule is CC(C)(C)C(CC(=O)Cl)c1ccc2c(c1)CCCC2. The van der Waals surface area contributed by atoms with Crippen LogP contribution in [0, 0.1) is 5.41 Å². The monoisotopic (exact) mass is 278 g/mol. The van der Waals surface area contributed by atoms with Gasteiger partial charge < -0.3 is 0 Å². The molecule has 1 aliphatic rings. The van der Waals surface area contributed by atoms with Gasteiger partial charge in [0.15, 0.2) is 0 Å². The van der Waals surface area contributed by atoms with Gasteiger partial charge in [-0.2, -0.15) is 0 Å². The summed E-state index contributed by atoms with van der Waals surface area (Å²) in [7, 11) is 0. The second-order valence-electron chi connectivity index (χ2n) is 6.71. The second kappa shape index (κ2) is 5.66. The third kappa shape index (κ3) is 3.60. The minimum Gasteiger partial charge on any atom is -0.281 e. The summed E-state index contributed by atoms with van der Waals surface area (Å²) in [5.74, 6) is 0.199. The average molecular weight is 279 g/mol. The molecule has 0 saturated heterocycles. The molecule has 0 N–H and O–H groups in total. The topological polar surface area (TPSA) is 17.1 Å². The van der Waals surface area contributed by atoms with Crippen LogP contribution >= 0.6 is 11.6 Å². The highest BCUT2D eigenvalue weighted by Crippen LogP contribution is 2.39. The summed E-state index contributed by atoms with van der Waals surface area (Å²) in [6.45, 7) is 6.53. The Labute approximate surface area is 121 Å². The van der Waals surface area contributed by atoms with E-state index in [4.69, 9.17) is 11.6 Å². The number of aryl methyl sites for hydroxylation is 2. The van der Waals surface area contributed by atoms with Gasteiger partial charge in [0.05, 0.1) is 0 Å². The van der Waals surface area contributed by atoms with E-state index in [1.165, 1.54) is 42.4 Å². The van der Waals surface area contributed by atoms with Gasteiger partial charge in [-0.15, -0.1) is 0 Å². The Morgan fingerprint density at radius 3 is 2.42 bits per heavy atom. The van der Waals surface area contributed by atoms with Crippen LogP contribution in [0.4, 0.5) is 0 Å². The molecule has 1 unspecified atom stereocenters. The lowest BCUT2D eigenvalue weighted by molar-refractivity contribution is -0.112. The van der Waals surface area contributed by atoms with Gasteiger partial charge in [0, 0.05) is 6.42 Å². The Balaban J connectivity index is 2.34. The van der Waals surface area contributed by atoms with E-state index in [0.717, 1.165) is 0 Å². The number of carbonyl (C=O) groups is 1. The smallest absolute Gasteiger partial charge is 0.222 e.